The smallest absolute Gasteiger partial charge is 0.306 e. The molecule has 0 aromatic heterocycles. The molecule has 0 fully saturated rings. The summed E-state index contributed by atoms with van der Waals surface area (Å²) in [4.78, 5) is 11.0. The molecule has 1 rings (SSSR count). The lowest BCUT2D eigenvalue weighted by Crippen LogP contribution is -2.24. The number of aliphatic carboxylic acids is 1. The predicted octanol–water partition coefficient (Wildman–Crippen LogP) is 2.22. The van der Waals surface area contributed by atoms with Crippen molar-refractivity contribution >= 4 is 5.97 Å². The Hall–Kier alpha value is -1.39. The van der Waals surface area contributed by atoms with Gasteiger partial charge in [0.2, 0.25) is 0 Å². The second-order valence-electron chi connectivity index (χ2n) is 4.56. The highest BCUT2D eigenvalue weighted by molar-refractivity contribution is 5.69. The maximum absolute atomic E-state index is 11.0. The van der Waals surface area contributed by atoms with Gasteiger partial charge in [-0.25, -0.2) is 0 Å². The third-order valence-electron chi connectivity index (χ3n) is 3.35. The first-order chi connectivity index (χ1) is 8.49. The van der Waals surface area contributed by atoms with Crippen molar-refractivity contribution in [3.63, 3.8) is 0 Å². The summed E-state index contributed by atoms with van der Waals surface area (Å²) in [5.74, 6) is -1.86. The first-order valence-electron chi connectivity index (χ1n) is 5.96. The number of methoxy groups -OCH3 is 1. The van der Waals surface area contributed by atoms with Crippen LogP contribution in [0.3, 0.4) is 0 Å². The molecular weight excluding hydrogens is 232 g/mol. The summed E-state index contributed by atoms with van der Waals surface area (Å²) in [7, 11) is 1.59. The molecule has 0 amide bonds. The molecule has 3 unspecified atom stereocenters. The van der Waals surface area contributed by atoms with Gasteiger partial charge in [0.1, 0.15) is 0 Å². The molecule has 0 aliphatic rings. The van der Waals surface area contributed by atoms with E-state index in [9.17, 15) is 9.90 Å². The van der Waals surface area contributed by atoms with E-state index in [0.29, 0.717) is 6.61 Å². The number of benzene rings is 1. The molecule has 0 aliphatic carbocycles. The van der Waals surface area contributed by atoms with Gasteiger partial charge in [0.25, 0.3) is 0 Å². The maximum Gasteiger partial charge on any atom is 0.306 e. The maximum atomic E-state index is 11.0. The third kappa shape index (κ3) is 3.31. The molecule has 1 aromatic rings. The Morgan fingerprint density at radius 1 is 1.33 bits per heavy atom. The number of ether oxygens (including phenoxy) is 1. The number of aliphatic hydroxyl groups excluding tert-OH is 1. The van der Waals surface area contributed by atoms with Gasteiger partial charge >= 0.3 is 5.97 Å². The second kappa shape index (κ2) is 6.52. The van der Waals surface area contributed by atoms with Gasteiger partial charge in [-0.05, 0) is 17.0 Å². The van der Waals surface area contributed by atoms with Crippen molar-refractivity contribution in [3.05, 3.63) is 35.4 Å². The van der Waals surface area contributed by atoms with Crippen LogP contribution in [0.1, 0.15) is 31.1 Å². The number of carboxylic acids is 1. The van der Waals surface area contributed by atoms with Gasteiger partial charge in [0, 0.05) is 7.11 Å². The summed E-state index contributed by atoms with van der Waals surface area (Å²) in [6.45, 7) is 3.75. The van der Waals surface area contributed by atoms with E-state index in [2.05, 4.69) is 0 Å². The molecule has 2 N–H and O–H groups in total. The summed E-state index contributed by atoms with van der Waals surface area (Å²) >= 11 is 0. The molecule has 4 heteroatoms. The van der Waals surface area contributed by atoms with Crippen molar-refractivity contribution in [3.8, 4) is 0 Å². The van der Waals surface area contributed by atoms with Crippen LogP contribution in [-0.4, -0.2) is 23.3 Å². The van der Waals surface area contributed by atoms with Crippen molar-refractivity contribution in [2.45, 2.75) is 26.6 Å². The fourth-order valence-corrected chi connectivity index (χ4v) is 1.89. The van der Waals surface area contributed by atoms with Crippen LogP contribution in [0.15, 0.2) is 24.3 Å². The summed E-state index contributed by atoms with van der Waals surface area (Å²) in [5, 5.41) is 19.3. The number of hydrogen-bond acceptors (Lipinski definition) is 3. The molecular formula is C14H20O4. The van der Waals surface area contributed by atoms with E-state index in [1.54, 1.807) is 21.0 Å². The zero-order valence-electron chi connectivity index (χ0n) is 11.0. The summed E-state index contributed by atoms with van der Waals surface area (Å²) in [6, 6.07) is 7.38. The molecule has 18 heavy (non-hydrogen) atoms. The van der Waals surface area contributed by atoms with Crippen molar-refractivity contribution in [2.24, 2.45) is 11.8 Å². The Kier molecular flexibility index (Phi) is 5.31. The molecule has 0 saturated heterocycles. The molecule has 3 atom stereocenters. The molecule has 0 spiro atoms. The van der Waals surface area contributed by atoms with Crippen LogP contribution in [0.5, 0.6) is 0 Å². The van der Waals surface area contributed by atoms with Crippen molar-refractivity contribution in [2.75, 3.05) is 7.11 Å². The van der Waals surface area contributed by atoms with Crippen LogP contribution in [0.2, 0.25) is 0 Å². The monoisotopic (exact) mass is 252 g/mol. The molecule has 1 aromatic carbocycles. The molecule has 100 valence electrons. The van der Waals surface area contributed by atoms with Crippen LogP contribution in [0.4, 0.5) is 0 Å². The molecule has 0 aliphatic heterocycles. The van der Waals surface area contributed by atoms with Crippen LogP contribution >= 0.6 is 0 Å². The van der Waals surface area contributed by atoms with Gasteiger partial charge in [-0.2, -0.15) is 0 Å². The van der Waals surface area contributed by atoms with Gasteiger partial charge in [0.15, 0.2) is 0 Å². The lowest BCUT2D eigenvalue weighted by Gasteiger charge is -2.24. The van der Waals surface area contributed by atoms with E-state index in [-0.39, 0.29) is 5.92 Å². The Labute approximate surface area is 107 Å². The van der Waals surface area contributed by atoms with Crippen molar-refractivity contribution in [1.29, 1.82) is 0 Å². The fourth-order valence-electron chi connectivity index (χ4n) is 1.89. The van der Waals surface area contributed by atoms with E-state index in [1.807, 2.05) is 24.3 Å². The largest absolute Gasteiger partial charge is 0.481 e. The average Bonchev–Trinajstić information content (AvgIpc) is 2.37. The first kappa shape index (κ1) is 14.7. The van der Waals surface area contributed by atoms with E-state index in [4.69, 9.17) is 9.84 Å². The fraction of sp³-hybridized carbons (Fsp3) is 0.500. The number of aliphatic hydroxyl groups is 1. The molecule has 4 nitrogen and oxygen atoms in total. The Morgan fingerprint density at radius 3 is 2.50 bits per heavy atom. The highest BCUT2D eigenvalue weighted by atomic mass is 16.5. The summed E-state index contributed by atoms with van der Waals surface area (Å²) < 4.78 is 5.08. The number of carbonyl (C=O) groups is 1. The quantitative estimate of drug-likeness (QED) is 0.814. The van der Waals surface area contributed by atoms with E-state index >= 15 is 0 Å². The summed E-state index contributed by atoms with van der Waals surface area (Å²) in [5.41, 5.74) is 1.62. The topological polar surface area (TPSA) is 66.8 Å². The standard InChI is InChI=1S/C14H20O4/c1-9(10(2)14(16)17)13(15)12-7-5-4-6-11(12)8-18-3/h4-7,9-10,13,15H,8H2,1-3H3,(H,16,17). The van der Waals surface area contributed by atoms with Crippen molar-refractivity contribution in [1.82, 2.24) is 0 Å². The van der Waals surface area contributed by atoms with Crippen LogP contribution < -0.4 is 0 Å². The first-order valence-corrected chi connectivity index (χ1v) is 5.96. The number of hydrogen-bond donors (Lipinski definition) is 2. The van der Waals surface area contributed by atoms with Gasteiger partial charge in [-0.15, -0.1) is 0 Å². The van der Waals surface area contributed by atoms with Gasteiger partial charge < -0.3 is 14.9 Å². The molecule has 0 bridgehead atoms. The van der Waals surface area contributed by atoms with Crippen LogP contribution in [0, 0.1) is 11.8 Å². The molecule has 0 saturated carbocycles. The van der Waals surface area contributed by atoms with Gasteiger partial charge in [-0.1, -0.05) is 38.1 Å². The Morgan fingerprint density at radius 2 is 1.94 bits per heavy atom. The molecule has 0 heterocycles. The highest BCUT2D eigenvalue weighted by Gasteiger charge is 2.28. The summed E-state index contributed by atoms with van der Waals surface area (Å²) in [6.07, 6.45) is -0.803. The average molecular weight is 252 g/mol. The SMILES string of the molecule is COCc1ccccc1C(O)C(C)C(C)C(=O)O. The van der Waals surface area contributed by atoms with Crippen LogP contribution in [-0.2, 0) is 16.1 Å². The zero-order chi connectivity index (χ0) is 13.7. The van der Waals surface area contributed by atoms with Crippen LogP contribution in [0.25, 0.3) is 0 Å². The van der Waals surface area contributed by atoms with Gasteiger partial charge in [0.05, 0.1) is 18.6 Å². The minimum atomic E-state index is -0.897. The number of carboxylic acid groups (broad SMARTS) is 1. The van der Waals surface area contributed by atoms with Gasteiger partial charge in [-0.3, -0.25) is 4.79 Å². The zero-order valence-corrected chi connectivity index (χ0v) is 11.0. The molecule has 0 radical (unpaired) electrons. The lowest BCUT2D eigenvalue weighted by molar-refractivity contribution is -0.144. The predicted molar refractivity (Wildman–Crippen MR) is 68.1 cm³/mol. The number of rotatable bonds is 6. The van der Waals surface area contributed by atoms with E-state index in [0.717, 1.165) is 11.1 Å². The second-order valence-corrected chi connectivity index (χ2v) is 4.56. The Bertz CT molecular complexity index is 403. The Balaban J connectivity index is 2.95. The van der Waals surface area contributed by atoms with Crippen molar-refractivity contribution < 1.29 is 19.7 Å². The highest BCUT2D eigenvalue weighted by Crippen LogP contribution is 2.30. The lowest BCUT2D eigenvalue weighted by atomic mass is 9.85. The normalized spacial score (nSPS) is 16.0. The third-order valence-corrected chi connectivity index (χ3v) is 3.35. The minimum Gasteiger partial charge on any atom is -0.481 e. The van der Waals surface area contributed by atoms with E-state index < -0.39 is 18.0 Å². The minimum absolute atomic E-state index is 0.361. The van der Waals surface area contributed by atoms with E-state index in [1.165, 1.54) is 0 Å².